The number of nitrogens with one attached hydrogen (secondary N) is 2. The van der Waals surface area contributed by atoms with Crippen molar-refractivity contribution in [2.75, 3.05) is 19.3 Å². The molecule has 2 rings (SSSR count). The van der Waals surface area contributed by atoms with Crippen molar-refractivity contribution in [3.63, 3.8) is 0 Å². The summed E-state index contributed by atoms with van der Waals surface area (Å²) in [5, 5.41) is 3.28. The van der Waals surface area contributed by atoms with E-state index >= 15 is 0 Å². The normalized spacial score (nSPS) is 16.7. The number of rotatable bonds is 6. The number of aryl methyl sites for hydroxylation is 2. The Balaban J connectivity index is 1.94. The van der Waals surface area contributed by atoms with Crippen LogP contribution in [0.4, 0.5) is 0 Å². The third-order valence-electron chi connectivity index (χ3n) is 4.00. The van der Waals surface area contributed by atoms with Crippen molar-refractivity contribution < 1.29 is 8.42 Å². The third kappa shape index (κ3) is 4.04. The van der Waals surface area contributed by atoms with Crippen LogP contribution >= 0.6 is 0 Å². The minimum atomic E-state index is -3.12. The van der Waals surface area contributed by atoms with Crippen molar-refractivity contribution in [3.05, 3.63) is 34.9 Å². The van der Waals surface area contributed by atoms with Crippen molar-refractivity contribution in [1.29, 1.82) is 0 Å². The Bertz CT molecular complexity index is 555. The van der Waals surface area contributed by atoms with Gasteiger partial charge in [0.2, 0.25) is 10.0 Å². The first kappa shape index (κ1) is 15.5. The summed E-state index contributed by atoms with van der Waals surface area (Å²) in [7, 11) is -1.68. The van der Waals surface area contributed by atoms with Crippen LogP contribution in [-0.2, 0) is 22.9 Å². The lowest BCUT2D eigenvalue weighted by Crippen LogP contribution is -2.31. The summed E-state index contributed by atoms with van der Waals surface area (Å²) in [5.74, 6) is 0.110. The lowest BCUT2D eigenvalue weighted by Gasteiger charge is -2.20. The van der Waals surface area contributed by atoms with Gasteiger partial charge in [0.1, 0.15) is 0 Å². The number of hydrogen-bond acceptors (Lipinski definition) is 3. The summed E-state index contributed by atoms with van der Waals surface area (Å²) < 4.78 is 25.0. The predicted octanol–water partition coefficient (Wildman–Crippen LogP) is 1.77. The molecule has 0 spiro atoms. The molecule has 0 fully saturated rings. The standard InChI is InChI=1S/C15H24N2O2S/c1-12(17-9-10-20(18,19)16-2)14-8-7-13-5-3-4-6-15(13)11-14/h7-8,11-12,16-17H,3-6,9-10H2,1-2H3. The Hall–Kier alpha value is -0.910. The molecule has 1 aromatic carbocycles. The van der Waals surface area contributed by atoms with Gasteiger partial charge in [-0.05, 0) is 56.3 Å². The van der Waals surface area contributed by atoms with Gasteiger partial charge < -0.3 is 5.32 Å². The van der Waals surface area contributed by atoms with Gasteiger partial charge in [-0.15, -0.1) is 0 Å². The van der Waals surface area contributed by atoms with E-state index in [0.29, 0.717) is 6.54 Å². The zero-order chi connectivity index (χ0) is 14.6. The molecule has 1 aliphatic carbocycles. The van der Waals surface area contributed by atoms with E-state index in [1.807, 2.05) is 0 Å². The topological polar surface area (TPSA) is 58.2 Å². The molecule has 5 heteroatoms. The van der Waals surface area contributed by atoms with Crippen LogP contribution in [-0.4, -0.2) is 27.8 Å². The maximum atomic E-state index is 11.4. The van der Waals surface area contributed by atoms with E-state index in [1.165, 1.54) is 49.4 Å². The lowest BCUT2D eigenvalue weighted by molar-refractivity contribution is 0.566. The van der Waals surface area contributed by atoms with E-state index in [4.69, 9.17) is 0 Å². The number of benzene rings is 1. The molecule has 112 valence electrons. The summed E-state index contributed by atoms with van der Waals surface area (Å²) in [5.41, 5.74) is 4.18. The summed E-state index contributed by atoms with van der Waals surface area (Å²) in [6, 6.07) is 6.84. The molecule has 1 atom stereocenters. The van der Waals surface area contributed by atoms with Gasteiger partial charge in [-0.3, -0.25) is 0 Å². The number of hydrogen-bond donors (Lipinski definition) is 2. The quantitative estimate of drug-likeness (QED) is 0.841. The SMILES string of the molecule is CNS(=O)(=O)CCNC(C)c1ccc2c(c1)CCCC2. The van der Waals surface area contributed by atoms with Gasteiger partial charge >= 0.3 is 0 Å². The van der Waals surface area contributed by atoms with Gasteiger partial charge in [0, 0.05) is 12.6 Å². The van der Waals surface area contributed by atoms with Crippen molar-refractivity contribution in [1.82, 2.24) is 10.0 Å². The van der Waals surface area contributed by atoms with Crippen LogP contribution in [0.15, 0.2) is 18.2 Å². The second-order valence-corrected chi connectivity index (χ2v) is 7.48. The van der Waals surface area contributed by atoms with Crippen LogP contribution in [0, 0.1) is 0 Å². The van der Waals surface area contributed by atoms with Crippen LogP contribution in [0.1, 0.15) is 42.5 Å². The van der Waals surface area contributed by atoms with Crippen molar-refractivity contribution >= 4 is 10.0 Å². The Labute approximate surface area is 122 Å². The molecule has 1 aliphatic rings. The molecule has 2 N–H and O–H groups in total. The molecule has 0 aromatic heterocycles. The summed E-state index contributed by atoms with van der Waals surface area (Å²) in [6.45, 7) is 2.54. The number of fused-ring (bicyclic) bond motifs is 1. The van der Waals surface area contributed by atoms with Crippen molar-refractivity contribution in [3.8, 4) is 0 Å². The molecular formula is C15H24N2O2S. The molecule has 20 heavy (non-hydrogen) atoms. The zero-order valence-corrected chi connectivity index (χ0v) is 13.1. The number of sulfonamides is 1. The van der Waals surface area contributed by atoms with Crippen molar-refractivity contribution in [2.45, 2.75) is 38.6 Å². The molecule has 0 heterocycles. The van der Waals surface area contributed by atoms with E-state index in [0.717, 1.165) is 0 Å². The van der Waals surface area contributed by atoms with Gasteiger partial charge in [-0.25, -0.2) is 13.1 Å². The Morgan fingerprint density at radius 2 is 1.90 bits per heavy atom. The molecular weight excluding hydrogens is 272 g/mol. The highest BCUT2D eigenvalue weighted by Gasteiger charge is 2.13. The molecule has 1 aromatic rings. The molecule has 0 saturated heterocycles. The van der Waals surface area contributed by atoms with Crippen LogP contribution in [0.2, 0.25) is 0 Å². The van der Waals surface area contributed by atoms with Crippen LogP contribution < -0.4 is 10.0 Å². The zero-order valence-electron chi connectivity index (χ0n) is 12.3. The molecule has 0 saturated carbocycles. The fourth-order valence-corrected chi connectivity index (χ4v) is 3.24. The van der Waals surface area contributed by atoms with E-state index in [-0.39, 0.29) is 11.8 Å². The maximum Gasteiger partial charge on any atom is 0.212 e. The Morgan fingerprint density at radius 1 is 1.20 bits per heavy atom. The predicted molar refractivity (Wildman–Crippen MR) is 82.3 cm³/mol. The molecule has 0 radical (unpaired) electrons. The van der Waals surface area contributed by atoms with Crippen LogP contribution in [0.25, 0.3) is 0 Å². The van der Waals surface area contributed by atoms with Crippen molar-refractivity contribution in [2.24, 2.45) is 0 Å². The van der Waals surface area contributed by atoms with Gasteiger partial charge in [0.25, 0.3) is 0 Å². The molecule has 0 aliphatic heterocycles. The van der Waals surface area contributed by atoms with Gasteiger partial charge in [-0.1, -0.05) is 18.2 Å². The van der Waals surface area contributed by atoms with E-state index in [2.05, 4.69) is 35.2 Å². The van der Waals surface area contributed by atoms with E-state index in [9.17, 15) is 8.42 Å². The fourth-order valence-electron chi connectivity index (χ4n) is 2.65. The summed E-state index contributed by atoms with van der Waals surface area (Å²) in [4.78, 5) is 0. The highest BCUT2D eigenvalue weighted by atomic mass is 32.2. The smallest absolute Gasteiger partial charge is 0.212 e. The summed E-state index contributed by atoms with van der Waals surface area (Å²) >= 11 is 0. The average molecular weight is 296 g/mol. The lowest BCUT2D eigenvalue weighted by atomic mass is 9.89. The second-order valence-electron chi connectivity index (χ2n) is 5.43. The van der Waals surface area contributed by atoms with Gasteiger partial charge in [-0.2, -0.15) is 0 Å². The molecule has 4 nitrogen and oxygen atoms in total. The van der Waals surface area contributed by atoms with Gasteiger partial charge in [0.05, 0.1) is 5.75 Å². The highest BCUT2D eigenvalue weighted by molar-refractivity contribution is 7.89. The van der Waals surface area contributed by atoms with E-state index < -0.39 is 10.0 Å². The Kier molecular flexibility index (Phi) is 5.18. The minimum absolute atomic E-state index is 0.110. The van der Waals surface area contributed by atoms with Crippen LogP contribution in [0.5, 0.6) is 0 Å². The largest absolute Gasteiger partial charge is 0.309 e. The first-order chi connectivity index (χ1) is 9.52. The highest BCUT2D eigenvalue weighted by Crippen LogP contribution is 2.24. The first-order valence-electron chi connectivity index (χ1n) is 7.28. The van der Waals surface area contributed by atoms with E-state index in [1.54, 1.807) is 0 Å². The molecule has 1 unspecified atom stereocenters. The third-order valence-corrected chi connectivity index (χ3v) is 5.37. The summed E-state index contributed by atoms with van der Waals surface area (Å²) in [6.07, 6.45) is 4.93. The monoisotopic (exact) mass is 296 g/mol. The van der Waals surface area contributed by atoms with Gasteiger partial charge in [0.15, 0.2) is 0 Å². The first-order valence-corrected chi connectivity index (χ1v) is 8.93. The molecule has 0 amide bonds. The fraction of sp³-hybridized carbons (Fsp3) is 0.600. The van der Waals surface area contributed by atoms with Crippen LogP contribution in [0.3, 0.4) is 0 Å². The second kappa shape index (κ2) is 6.70. The minimum Gasteiger partial charge on any atom is -0.309 e. The Morgan fingerprint density at radius 3 is 2.60 bits per heavy atom. The maximum absolute atomic E-state index is 11.4. The average Bonchev–Trinajstić information content (AvgIpc) is 2.46. The molecule has 0 bridgehead atoms.